The zero-order valence-electron chi connectivity index (χ0n) is 12.0. The fraction of sp³-hybridized carbons (Fsp3) is 0. The molecule has 0 aliphatic heterocycles. The Morgan fingerprint density at radius 1 is 0.478 bits per heavy atom. The summed E-state index contributed by atoms with van der Waals surface area (Å²) in [6, 6.07) is 32.3. The minimum atomic E-state index is -0.766. The number of benzene rings is 3. The average molecular weight is 699 g/mol. The molecule has 0 saturated heterocycles. The topological polar surface area (TPSA) is 0 Å². The van der Waals surface area contributed by atoms with Crippen LogP contribution in [0.25, 0.3) is 0 Å². The molecular formula is C18H15AuBr3P. The predicted molar refractivity (Wildman–Crippen MR) is 112 cm³/mol. The largest absolute Gasteiger partial charge is 0.0622 e. The van der Waals surface area contributed by atoms with Crippen LogP contribution in [0.1, 0.15) is 0 Å². The molecule has 0 radical (unpaired) electrons. The van der Waals surface area contributed by atoms with Gasteiger partial charge in [0.1, 0.15) is 0 Å². The van der Waals surface area contributed by atoms with E-state index in [2.05, 4.69) is 130 Å². The van der Waals surface area contributed by atoms with E-state index in [-0.39, 0.29) is 0 Å². The van der Waals surface area contributed by atoms with Gasteiger partial charge in [0.05, 0.1) is 0 Å². The van der Waals surface area contributed by atoms with Crippen molar-refractivity contribution >= 4 is 62.9 Å². The maximum atomic E-state index is 3.25. The Balaban J connectivity index is 0.000000433. The number of rotatable bonds is 3. The van der Waals surface area contributed by atoms with Crippen molar-refractivity contribution in [1.82, 2.24) is 0 Å². The summed E-state index contributed by atoms with van der Waals surface area (Å²) in [7, 11) is -0.446. The van der Waals surface area contributed by atoms with E-state index in [1.807, 2.05) is 0 Å². The van der Waals surface area contributed by atoms with E-state index in [1.54, 1.807) is 0 Å². The molecule has 0 bridgehead atoms. The van der Waals surface area contributed by atoms with E-state index in [9.17, 15) is 0 Å². The SMILES string of the molecule is [Br][Au]([Br])[Br].c1ccc(P(c2ccccc2)c2ccccc2)cc1. The van der Waals surface area contributed by atoms with Crippen LogP contribution in [0, 0.1) is 0 Å². The molecule has 0 N–H and O–H groups in total. The minimum Gasteiger partial charge on any atom is -0.0622 e. The second kappa shape index (κ2) is 11.0. The third-order valence-electron chi connectivity index (χ3n) is 3.04. The van der Waals surface area contributed by atoms with E-state index in [4.69, 9.17) is 0 Å². The van der Waals surface area contributed by atoms with Gasteiger partial charge in [-0.05, 0) is 23.8 Å². The van der Waals surface area contributed by atoms with Crippen LogP contribution < -0.4 is 15.9 Å². The van der Waals surface area contributed by atoms with Crippen molar-refractivity contribution in [3.8, 4) is 0 Å². The van der Waals surface area contributed by atoms with Gasteiger partial charge in [0.15, 0.2) is 0 Å². The summed E-state index contributed by atoms with van der Waals surface area (Å²) in [5, 5.41) is 4.19. The van der Waals surface area contributed by atoms with Crippen molar-refractivity contribution in [2.24, 2.45) is 0 Å². The van der Waals surface area contributed by atoms with Gasteiger partial charge in [-0.1, -0.05) is 91.0 Å². The van der Waals surface area contributed by atoms with Crippen LogP contribution in [0.3, 0.4) is 0 Å². The van der Waals surface area contributed by atoms with E-state index >= 15 is 0 Å². The van der Waals surface area contributed by atoms with Gasteiger partial charge in [0, 0.05) is 0 Å². The van der Waals surface area contributed by atoms with Crippen LogP contribution >= 0.6 is 47.0 Å². The summed E-state index contributed by atoms with van der Waals surface area (Å²) in [6.07, 6.45) is 0. The van der Waals surface area contributed by atoms with Gasteiger partial charge < -0.3 is 0 Å². The second-order valence-corrected chi connectivity index (χ2v) is 35.1. The molecule has 23 heavy (non-hydrogen) atoms. The smallest absolute Gasteiger partial charge is 0.0134 e. The molecule has 0 unspecified atom stereocenters. The molecule has 0 atom stereocenters. The van der Waals surface area contributed by atoms with Gasteiger partial charge in [-0.3, -0.25) is 0 Å². The molecular weight excluding hydrogens is 684 g/mol. The summed E-state index contributed by atoms with van der Waals surface area (Å²) in [6.45, 7) is 0. The molecule has 0 aromatic heterocycles. The average Bonchev–Trinajstić information content (AvgIpc) is 2.58. The quantitative estimate of drug-likeness (QED) is 0.234. The summed E-state index contributed by atoms with van der Waals surface area (Å²) < 4.78 is 0. The summed E-state index contributed by atoms with van der Waals surface area (Å²) in [4.78, 5) is 0. The molecule has 0 amide bonds. The summed E-state index contributed by atoms with van der Waals surface area (Å²) in [5.74, 6) is 0. The van der Waals surface area contributed by atoms with Crippen molar-refractivity contribution in [3.05, 3.63) is 91.0 Å². The first-order chi connectivity index (χ1) is 11.2. The van der Waals surface area contributed by atoms with E-state index in [0.29, 0.717) is 0 Å². The predicted octanol–water partition coefficient (Wildman–Crippen LogP) is 5.98. The van der Waals surface area contributed by atoms with Crippen molar-refractivity contribution in [2.45, 2.75) is 0 Å². The maximum absolute atomic E-state index is 3.25. The Labute approximate surface area is 164 Å². The fourth-order valence-corrected chi connectivity index (χ4v) is 4.48. The number of hydrogen-bond donors (Lipinski definition) is 0. The second-order valence-electron chi connectivity index (χ2n) is 4.47. The van der Waals surface area contributed by atoms with Crippen LogP contribution in [-0.2, 0) is 12.0 Å². The van der Waals surface area contributed by atoms with E-state index in [0.717, 1.165) is 0 Å². The van der Waals surface area contributed by atoms with Crippen LogP contribution in [0.2, 0.25) is 0 Å². The van der Waals surface area contributed by atoms with E-state index in [1.165, 1.54) is 15.9 Å². The van der Waals surface area contributed by atoms with Gasteiger partial charge in [-0.15, -0.1) is 0 Å². The molecule has 0 aliphatic rings. The molecule has 3 aromatic rings. The minimum absolute atomic E-state index is 0.446. The van der Waals surface area contributed by atoms with Crippen LogP contribution in [0.5, 0.6) is 0 Å². The normalized spacial score (nSPS) is 10.7. The maximum Gasteiger partial charge on any atom is -0.0134 e. The van der Waals surface area contributed by atoms with Gasteiger partial charge in [0.2, 0.25) is 0 Å². The molecule has 3 rings (SSSR count). The molecule has 0 nitrogen and oxygen atoms in total. The Morgan fingerprint density at radius 2 is 0.696 bits per heavy atom. The van der Waals surface area contributed by atoms with Crippen LogP contribution in [0.15, 0.2) is 91.0 Å². The fourth-order valence-electron chi connectivity index (χ4n) is 2.18. The van der Waals surface area contributed by atoms with Gasteiger partial charge in [-0.2, -0.15) is 0 Å². The molecule has 0 fully saturated rings. The molecule has 0 spiro atoms. The summed E-state index contributed by atoms with van der Waals surface area (Å²) in [5.41, 5.74) is 0. The molecule has 3 aromatic carbocycles. The first kappa shape index (κ1) is 19.6. The Kier molecular flexibility index (Phi) is 9.37. The monoisotopic (exact) mass is 696 g/mol. The Hall–Kier alpha value is 0.270. The standard InChI is InChI=1S/C18H15P.Au.3BrH/c1-4-10-16(11-5-1)19(17-12-6-2-7-13-17)18-14-8-3-9-15-18;;;;/h1-15H;;3*1H/q;+3;;;/p-3. The first-order valence-corrected chi connectivity index (χ1v) is 22.3. The Bertz CT molecular complexity index is 582. The number of halogens is 3. The zero-order chi connectivity index (χ0) is 16.5. The first-order valence-electron chi connectivity index (χ1n) is 6.74. The third-order valence-corrected chi connectivity index (χ3v) is 5.49. The molecule has 0 saturated carbocycles. The molecule has 5 heteroatoms. The Morgan fingerprint density at radius 3 is 0.913 bits per heavy atom. The van der Waals surface area contributed by atoms with E-state index < -0.39 is 20.0 Å². The zero-order valence-corrected chi connectivity index (χ0v) is 19.9. The third kappa shape index (κ3) is 6.96. The van der Waals surface area contributed by atoms with Crippen LogP contribution in [-0.4, -0.2) is 0 Å². The van der Waals surface area contributed by atoms with Gasteiger partial charge >= 0.3 is 51.1 Å². The number of hydrogen-bond acceptors (Lipinski definition) is 0. The van der Waals surface area contributed by atoms with Crippen molar-refractivity contribution < 1.29 is 12.0 Å². The molecule has 0 aliphatic carbocycles. The molecule has 124 valence electrons. The van der Waals surface area contributed by atoms with Gasteiger partial charge in [-0.25, -0.2) is 0 Å². The van der Waals surface area contributed by atoms with Crippen LogP contribution in [0.4, 0.5) is 0 Å². The summed E-state index contributed by atoms with van der Waals surface area (Å²) >= 11 is 8.99. The van der Waals surface area contributed by atoms with Gasteiger partial charge in [0.25, 0.3) is 0 Å². The molecule has 0 heterocycles. The van der Waals surface area contributed by atoms with Crippen molar-refractivity contribution in [1.29, 1.82) is 0 Å². The van der Waals surface area contributed by atoms with Crippen molar-refractivity contribution in [3.63, 3.8) is 0 Å². The van der Waals surface area contributed by atoms with Crippen molar-refractivity contribution in [2.75, 3.05) is 0 Å².